The molecule has 1 saturated heterocycles. The SMILES string of the molecule is CC.CCCC(C)NC(=O)C(CSCc1ccccc1)NCC1CO1.CCOC=O. The van der Waals surface area contributed by atoms with Gasteiger partial charge in [0.2, 0.25) is 5.91 Å². The summed E-state index contributed by atoms with van der Waals surface area (Å²) < 4.78 is 9.38. The van der Waals surface area contributed by atoms with Crippen molar-refractivity contribution in [1.82, 2.24) is 10.6 Å². The molecule has 1 amide bonds. The van der Waals surface area contributed by atoms with E-state index in [0.29, 0.717) is 13.1 Å². The summed E-state index contributed by atoms with van der Waals surface area (Å²) in [6.07, 6.45) is 2.39. The van der Waals surface area contributed by atoms with Crippen LogP contribution < -0.4 is 10.6 Å². The molecule has 0 bridgehead atoms. The zero-order chi connectivity index (χ0) is 22.6. The van der Waals surface area contributed by atoms with Gasteiger partial charge in [0, 0.05) is 24.1 Å². The number of benzene rings is 1. The quantitative estimate of drug-likeness (QED) is 0.359. The Balaban J connectivity index is 0.00000105. The molecule has 0 aromatic heterocycles. The van der Waals surface area contributed by atoms with Crippen LogP contribution in [0, 0.1) is 0 Å². The van der Waals surface area contributed by atoms with Crippen LogP contribution in [0.2, 0.25) is 0 Å². The number of hydrogen-bond acceptors (Lipinski definition) is 6. The highest BCUT2D eigenvalue weighted by atomic mass is 32.2. The van der Waals surface area contributed by atoms with E-state index in [9.17, 15) is 9.59 Å². The molecule has 1 heterocycles. The van der Waals surface area contributed by atoms with Crippen molar-refractivity contribution in [2.45, 2.75) is 71.4 Å². The maximum absolute atomic E-state index is 12.5. The van der Waals surface area contributed by atoms with Gasteiger partial charge in [-0.05, 0) is 25.8 Å². The lowest BCUT2D eigenvalue weighted by Crippen LogP contribution is -2.49. The van der Waals surface area contributed by atoms with Crippen molar-refractivity contribution in [3.63, 3.8) is 0 Å². The van der Waals surface area contributed by atoms with E-state index in [1.165, 1.54) is 5.56 Å². The fourth-order valence-electron chi connectivity index (χ4n) is 2.47. The van der Waals surface area contributed by atoms with Gasteiger partial charge in [-0.2, -0.15) is 11.8 Å². The second-order valence-corrected chi connectivity index (χ2v) is 7.70. The highest BCUT2D eigenvalue weighted by Crippen LogP contribution is 2.14. The van der Waals surface area contributed by atoms with Gasteiger partial charge in [-0.15, -0.1) is 0 Å². The van der Waals surface area contributed by atoms with Gasteiger partial charge in [0.25, 0.3) is 6.47 Å². The third-order valence-corrected chi connectivity index (χ3v) is 5.16. The maximum atomic E-state index is 12.5. The summed E-state index contributed by atoms with van der Waals surface area (Å²) in [5.41, 5.74) is 1.29. The van der Waals surface area contributed by atoms with E-state index < -0.39 is 0 Å². The van der Waals surface area contributed by atoms with Crippen LogP contribution in [0.25, 0.3) is 0 Å². The summed E-state index contributed by atoms with van der Waals surface area (Å²) in [5.74, 6) is 1.80. The maximum Gasteiger partial charge on any atom is 0.293 e. The predicted molar refractivity (Wildman–Crippen MR) is 126 cm³/mol. The van der Waals surface area contributed by atoms with E-state index in [-0.39, 0.29) is 24.1 Å². The molecule has 0 saturated carbocycles. The lowest BCUT2D eigenvalue weighted by atomic mass is 10.2. The van der Waals surface area contributed by atoms with Gasteiger partial charge < -0.3 is 20.1 Å². The van der Waals surface area contributed by atoms with Gasteiger partial charge >= 0.3 is 0 Å². The zero-order valence-electron chi connectivity index (χ0n) is 19.2. The lowest BCUT2D eigenvalue weighted by molar-refractivity contribution is -0.128. The van der Waals surface area contributed by atoms with Crippen molar-refractivity contribution in [2.24, 2.45) is 0 Å². The summed E-state index contributed by atoms with van der Waals surface area (Å²) in [4.78, 5) is 21.7. The highest BCUT2D eigenvalue weighted by molar-refractivity contribution is 7.98. The lowest BCUT2D eigenvalue weighted by Gasteiger charge is -2.21. The molecular weight excluding hydrogens is 400 g/mol. The molecule has 1 aliphatic rings. The first-order valence-corrected chi connectivity index (χ1v) is 12.1. The Bertz CT molecular complexity index is 541. The topological polar surface area (TPSA) is 80.0 Å². The average Bonchev–Trinajstić information content (AvgIpc) is 3.58. The first kappa shape index (κ1) is 28.4. The number of hydrogen-bond donors (Lipinski definition) is 2. The third-order valence-electron chi connectivity index (χ3n) is 4.05. The number of epoxide rings is 1. The van der Waals surface area contributed by atoms with Crippen molar-refractivity contribution in [3.05, 3.63) is 35.9 Å². The van der Waals surface area contributed by atoms with Crippen molar-refractivity contribution in [2.75, 3.05) is 25.5 Å². The monoisotopic (exact) mass is 440 g/mol. The molecule has 7 heteroatoms. The number of thioether (sulfide) groups is 1. The van der Waals surface area contributed by atoms with E-state index in [0.717, 1.165) is 37.5 Å². The molecule has 30 heavy (non-hydrogen) atoms. The van der Waals surface area contributed by atoms with Crippen molar-refractivity contribution < 1.29 is 19.1 Å². The number of ether oxygens (including phenoxy) is 2. The molecule has 0 radical (unpaired) electrons. The minimum absolute atomic E-state index is 0.104. The highest BCUT2D eigenvalue weighted by Gasteiger charge is 2.26. The Labute approximate surface area is 186 Å². The number of amides is 1. The summed E-state index contributed by atoms with van der Waals surface area (Å²) in [5, 5.41) is 6.48. The molecule has 1 aromatic rings. The zero-order valence-corrected chi connectivity index (χ0v) is 20.0. The number of carbonyl (C=O) groups excluding carboxylic acids is 2. The van der Waals surface area contributed by atoms with E-state index in [4.69, 9.17) is 4.74 Å². The molecule has 2 rings (SSSR count). The van der Waals surface area contributed by atoms with Crippen LogP contribution in [0.5, 0.6) is 0 Å². The molecule has 6 nitrogen and oxygen atoms in total. The van der Waals surface area contributed by atoms with Crippen molar-refractivity contribution >= 4 is 24.1 Å². The van der Waals surface area contributed by atoms with Crippen LogP contribution in [0.4, 0.5) is 0 Å². The Kier molecular flexibility index (Phi) is 18.4. The van der Waals surface area contributed by atoms with Gasteiger partial charge in [-0.1, -0.05) is 57.5 Å². The van der Waals surface area contributed by atoms with Crippen LogP contribution in [0.15, 0.2) is 30.3 Å². The van der Waals surface area contributed by atoms with E-state index in [1.54, 1.807) is 18.7 Å². The second-order valence-electron chi connectivity index (χ2n) is 6.67. The molecular formula is C23H40N2O4S. The number of carbonyl (C=O) groups is 2. The Morgan fingerprint density at radius 3 is 2.47 bits per heavy atom. The third kappa shape index (κ3) is 15.3. The normalized spacial score (nSPS) is 16.0. The molecule has 1 fully saturated rings. The van der Waals surface area contributed by atoms with Crippen LogP contribution in [0.1, 0.15) is 53.0 Å². The van der Waals surface area contributed by atoms with Gasteiger partial charge in [0.15, 0.2) is 0 Å². The van der Waals surface area contributed by atoms with Crippen LogP contribution >= 0.6 is 11.8 Å². The van der Waals surface area contributed by atoms with Crippen molar-refractivity contribution in [1.29, 1.82) is 0 Å². The minimum atomic E-state index is -0.160. The summed E-state index contributed by atoms with van der Waals surface area (Å²) >= 11 is 1.79. The van der Waals surface area contributed by atoms with Gasteiger partial charge in [0.1, 0.15) is 0 Å². The van der Waals surface area contributed by atoms with Gasteiger partial charge in [0.05, 0.1) is 25.4 Å². The number of rotatable bonds is 13. The molecule has 1 aromatic carbocycles. The minimum Gasteiger partial charge on any atom is -0.468 e. The fraction of sp³-hybridized carbons (Fsp3) is 0.652. The smallest absolute Gasteiger partial charge is 0.293 e. The first-order valence-electron chi connectivity index (χ1n) is 10.9. The first-order chi connectivity index (χ1) is 14.6. The number of nitrogens with one attached hydrogen (secondary N) is 2. The second kappa shape index (κ2) is 19.4. The molecule has 3 atom stereocenters. The van der Waals surface area contributed by atoms with E-state index in [2.05, 4.69) is 53.5 Å². The molecule has 0 spiro atoms. The van der Waals surface area contributed by atoms with Gasteiger partial charge in [-0.3, -0.25) is 9.59 Å². The standard InChI is InChI=1S/C18H28N2O2S.C3H6O2.C2H6/c1-3-7-14(2)20-18(21)17(19-10-16-11-22-16)13-23-12-15-8-5-4-6-9-15;1-2-5-3-4;1-2/h4-6,8-9,14,16-17,19H,3,7,10-13H2,1-2H3,(H,20,21);3H,2H2,1H3;1-2H3. The summed E-state index contributed by atoms with van der Waals surface area (Å²) in [7, 11) is 0. The van der Waals surface area contributed by atoms with Crippen molar-refractivity contribution in [3.8, 4) is 0 Å². The summed E-state index contributed by atoms with van der Waals surface area (Å²) in [6.45, 7) is 12.4. The van der Waals surface area contributed by atoms with E-state index in [1.807, 2.05) is 19.9 Å². The molecule has 1 aliphatic heterocycles. The average molecular weight is 441 g/mol. The van der Waals surface area contributed by atoms with E-state index >= 15 is 0 Å². The Morgan fingerprint density at radius 1 is 1.30 bits per heavy atom. The Morgan fingerprint density at radius 2 is 1.97 bits per heavy atom. The largest absolute Gasteiger partial charge is 0.468 e. The molecule has 0 aliphatic carbocycles. The van der Waals surface area contributed by atoms with Crippen LogP contribution in [-0.4, -0.2) is 56.1 Å². The molecule has 172 valence electrons. The fourth-order valence-corrected chi connectivity index (χ4v) is 3.52. The van der Waals surface area contributed by atoms with Crippen LogP contribution in [0.3, 0.4) is 0 Å². The molecule has 2 N–H and O–H groups in total. The Hall–Kier alpha value is -1.57. The van der Waals surface area contributed by atoms with Crippen LogP contribution in [-0.2, 0) is 24.8 Å². The van der Waals surface area contributed by atoms with Gasteiger partial charge in [-0.25, -0.2) is 0 Å². The summed E-state index contributed by atoms with van der Waals surface area (Å²) in [6, 6.07) is 10.4. The predicted octanol–water partition coefficient (Wildman–Crippen LogP) is 3.79. The molecule has 3 unspecified atom stereocenters.